The molecule has 1 nitrogen and oxygen atoms in total. The third-order valence-electron chi connectivity index (χ3n) is 4.63. The minimum absolute atomic E-state index is 0.633. The molecule has 3 rings (SSSR count). The second-order valence-electron chi connectivity index (χ2n) is 5.83. The van der Waals surface area contributed by atoms with E-state index in [1.165, 1.54) is 42.6 Å². The second kappa shape index (κ2) is 6.23. The molecule has 1 heteroatoms. The van der Waals surface area contributed by atoms with Crippen LogP contribution >= 0.6 is 0 Å². The summed E-state index contributed by atoms with van der Waals surface area (Å²) in [5, 5.41) is 3.47. The minimum Gasteiger partial charge on any atom is -0.317 e. The van der Waals surface area contributed by atoms with E-state index in [-0.39, 0.29) is 0 Å². The number of benzene rings is 2. The summed E-state index contributed by atoms with van der Waals surface area (Å²) >= 11 is 0. The van der Waals surface area contributed by atoms with Crippen molar-refractivity contribution in [1.82, 2.24) is 5.32 Å². The molecule has 2 aromatic carbocycles. The van der Waals surface area contributed by atoms with E-state index in [4.69, 9.17) is 0 Å². The standard InChI is InChI=1S/C19H23N/c1-15(16-11-13-20-14-12-16)18-9-5-6-10-19(18)17-7-3-2-4-8-17/h2-10,15-16,20H,11-14H2,1H3. The van der Waals surface area contributed by atoms with Gasteiger partial charge in [-0.25, -0.2) is 0 Å². The molecular weight excluding hydrogens is 242 g/mol. The number of rotatable bonds is 3. The van der Waals surface area contributed by atoms with Gasteiger partial charge in [-0.15, -0.1) is 0 Å². The van der Waals surface area contributed by atoms with Crippen molar-refractivity contribution in [3.8, 4) is 11.1 Å². The zero-order chi connectivity index (χ0) is 13.8. The Morgan fingerprint density at radius 3 is 2.30 bits per heavy atom. The lowest BCUT2D eigenvalue weighted by Gasteiger charge is -2.30. The van der Waals surface area contributed by atoms with Crippen LogP contribution in [0, 0.1) is 5.92 Å². The summed E-state index contributed by atoms with van der Waals surface area (Å²) in [4.78, 5) is 0. The van der Waals surface area contributed by atoms with Gasteiger partial charge < -0.3 is 5.32 Å². The lowest BCUT2D eigenvalue weighted by atomic mass is 9.79. The number of hydrogen-bond acceptors (Lipinski definition) is 1. The van der Waals surface area contributed by atoms with E-state index in [9.17, 15) is 0 Å². The highest BCUT2D eigenvalue weighted by Crippen LogP contribution is 2.36. The zero-order valence-electron chi connectivity index (χ0n) is 12.2. The predicted octanol–water partition coefficient (Wildman–Crippen LogP) is 4.46. The van der Waals surface area contributed by atoms with Gasteiger partial charge in [-0.05, 0) is 54.5 Å². The monoisotopic (exact) mass is 265 g/mol. The molecule has 1 heterocycles. The van der Waals surface area contributed by atoms with E-state index in [1.54, 1.807) is 0 Å². The molecule has 1 atom stereocenters. The van der Waals surface area contributed by atoms with Crippen molar-refractivity contribution in [1.29, 1.82) is 0 Å². The summed E-state index contributed by atoms with van der Waals surface area (Å²) in [5.41, 5.74) is 4.24. The molecule has 0 amide bonds. The molecule has 1 unspecified atom stereocenters. The maximum atomic E-state index is 3.47. The van der Waals surface area contributed by atoms with Crippen LogP contribution in [0.4, 0.5) is 0 Å². The van der Waals surface area contributed by atoms with E-state index in [0.717, 1.165) is 5.92 Å². The molecule has 104 valence electrons. The smallest absolute Gasteiger partial charge is 0.00461 e. The Morgan fingerprint density at radius 1 is 0.900 bits per heavy atom. The molecule has 1 N–H and O–H groups in total. The Labute approximate surface area is 122 Å². The Morgan fingerprint density at radius 2 is 1.55 bits per heavy atom. The third-order valence-corrected chi connectivity index (χ3v) is 4.63. The van der Waals surface area contributed by atoms with Gasteiger partial charge in [-0.2, -0.15) is 0 Å². The quantitative estimate of drug-likeness (QED) is 0.864. The van der Waals surface area contributed by atoms with Crippen LogP contribution in [0.5, 0.6) is 0 Å². The lowest BCUT2D eigenvalue weighted by Crippen LogP contribution is -2.30. The van der Waals surface area contributed by atoms with Gasteiger partial charge in [0.2, 0.25) is 0 Å². The molecule has 0 aliphatic carbocycles. The second-order valence-corrected chi connectivity index (χ2v) is 5.83. The van der Waals surface area contributed by atoms with Gasteiger partial charge in [0.15, 0.2) is 0 Å². The summed E-state index contributed by atoms with van der Waals surface area (Å²) in [5.74, 6) is 1.44. The summed E-state index contributed by atoms with van der Waals surface area (Å²) in [6.45, 7) is 4.74. The van der Waals surface area contributed by atoms with Crippen LogP contribution in [0.3, 0.4) is 0 Å². The van der Waals surface area contributed by atoms with Gasteiger partial charge in [0.25, 0.3) is 0 Å². The van der Waals surface area contributed by atoms with E-state index < -0.39 is 0 Å². The van der Waals surface area contributed by atoms with E-state index in [0.29, 0.717) is 5.92 Å². The highest BCUT2D eigenvalue weighted by molar-refractivity contribution is 5.67. The van der Waals surface area contributed by atoms with Crippen LogP contribution in [0.1, 0.15) is 31.2 Å². The van der Waals surface area contributed by atoms with Crippen molar-refractivity contribution >= 4 is 0 Å². The molecule has 0 spiro atoms. The fourth-order valence-corrected chi connectivity index (χ4v) is 3.37. The Bertz CT molecular complexity index is 541. The molecular formula is C19H23N. The molecule has 2 aromatic rings. The van der Waals surface area contributed by atoms with Crippen LogP contribution in [-0.2, 0) is 0 Å². The third kappa shape index (κ3) is 2.78. The predicted molar refractivity (Wildman–Crippen MR) is 85.9 cm³/mol. The van der Waals surface area contributed by atoms with Crippen molar-refractivity contribution in [3.63, 3.8) is 0 Å². The maximum absolute atomic E-state index is 3.47. The zero-order valence-corrected chi connectivity index (χ0v) is 12.2. The summed E-state index contributed by atoms with van der Waals surface area (Å²) in [6, 6.07) is 19.7. The molecule has 0 radical (unpaired) electrons. The highest BCUT2D eigenvalue weighted by Gasteiger charge is 2.23. The average molecular weight is 265 g/mol. The summed E-state index contributed by atoms with van der Waals surface area (Å²) in [6.07, 6.45) is 2.59. The molecule has 0 saturated carbocycles. The molecule has 0 bridgehead atoms. The fraction of sp³-hybridized carbons (Fsp3) is 0.368. The number of nitrogens with one attached hydrogen (secondary N) is 1. The maximum Gasteiger partial charge on any atom is -0.00461 e. The van der Waals surface area contributed by atoms with Gasteiger partial charge in [0.1, 0.15) is 0 Å². The van der Waals surface area contributed by atoms with Gasteiger partial charge in [-0.3, -0.25) is 0 Å². The largest absolute Gasteiger partial charge is 0.317 e. The van der Waals surface area contributed by atoms with Crippen molar-refractivity contribution in [2.24, 2.45) is 5.92 Å². The first kappa shape index (κ1) is 13.4. The van der Waals surface area contributed by atoms with Gasteiger partial charge in [0.05, 0.1) is 0 Å². The lowest BCUT2D eigenvalue weighted by molar-refractivity contribution is 0.330. The highest BCUT2D eigenvalue weighted by atomic mass is 14.9. The fourth-order valence-electron chi connectivity index (χ4n) is 3.37. The first-order valence-electron chi connectivity index (χ1n) is 7.71. The van der Waals surface area contributed by atoms with Crippen LogP contribution in [0.25, 0.3) is 11.1 Å². The van der Waals surface area contributed by atoms with Crippen LogP contribution in [0.2, 0.25) is 0 Å². The normalized spacial score (nSPS) is 17.9. The topological polar surface area (TPSA) is 12.0 Å². The molecule has 1 fully saturated rings. The van der Waals surface area contributed by atoms with Crippen LogP contribution < -0.4 is 5.32 Å². The van der Waals surface area contributed by atoms with Crippen molar-refractivity contribution in [3.05, 3.63) is 60.2 Å². The SMILES string of the molecule is CC(c1ccccc1-c1ccccc1)C1CCNCC1. The molecule has 1 aliphatic heterocycles. The van der Waals surface area contributed by atoms with Crippen molar-refractivity contribution in [2.45, 2.75) is 25.7 Å². The van der Waals surface area contributed by atoms with Crippen LogP contribution in [0.15, 0.2) is 54.6 Å². The minimum atomic E-state index is 0.633. The van der Waals surface area contributed by atoms with Crippen molar-refractivity contribution < 1.29 is 0 Å². The average Bonchev–Trinajstić information content (AvgIpc) is 2.56. The first-order chi connectivity index (χ1) is 9.86. The van der Waals surface area contributed by atoms with Crippen LogP contribution in [-0.4, -0.2) is 13.1 Å². The molecule has 0 aromatic heterocycles. The van der Waals surface area contributed by atoms with Gasteiger partial charge in [-0.1, -0.05) is 61.5 Å². The van der Waals surface area contributed by atoms with E-state index >= 15 is 0 Å². The Hall–Kier alpha value is -1.60. The molecule has 1 aliphatic rings. The summed E-state index contributed by atoms with van der Waals surface area (Å²) < 4.78 is 0. The first-order valence-corrected chi connectivity index (χ1v) is 7.71. The van der Waals surface area contributed by atoms with Crippen molar-refractivity contribution in [2.75, 3.05) is 13.1 Å². The van der Waals surface area contributed by atoms with E-state index in [2.05, 4.69) is 66.8 Å². The Balaban J connectivity index is 1.93. The Kier molecular flexibility index (Phi) is 4.17. The number of hydrogen-bond donors (Lipinski definition) is 1. The molecule has 20 heavy (non-hydrogen) atoms. The molecule has 1 saturated heterocycles. The summed E-state index contributed by atoms with van der Waals surface area (Å²) in [7, 11) is 0. The van der Waals surface area contributed by atoms with Gasteiger partial charge >= 0.3 is 0 Å². The number of piperidine rings is 1. The van der Waals surface area contributed by atoms with Gasteiger partial charge in [0, 0.05) is 0 Å². The van der Waals surface area contributed by atoms with E-state index in [1.807, 2.05) is 0 Å².